The number of methoxy groups -OCH3 is 1. The van der Waals surface area contributed by atoms with Gasteiger partial charge in [-0.3, -0.25) is 4.79 Å². The van der Waals surface area contributed by atoms with Gasteiger partial charge in [0.25, 0.3) is 0 Å². The van der Waals surface area contributed by atoms with Gasteiger partial charge in [-0.05, 0) is 36.0 Å². The second kappa shape index (κ2) is 10.2. The third-order valence-corrected chi connectivity index (χ3v) is 5.93. The fraction of sp³-hybridized carbons (Fsp3) is 0.269. The summed E-state index contributed by atoms with van der Waals surface area (Å²) in [5, 5.41) is 2.61. The molecule has 1 aliphatic heterocycles. The van der Waals surface area contributed by atoms with E-state index in [1.165, 1.54) is 12.7 Å². The van der Waals surface area contributed by atoms with Gasteiger partial charge in [0.1, 0.15) is 11.9 Å². The third-order valence-electron chi connectivity index (χ3n) is 5.93. The Labute approximate surface area is 193 Å². The number of imidazole rings is 1. The van der Waals surface area contributed by atoms with E-state index in [1.807, 2.05) is 24.4 Å². The molecule has 2 heterocycles. The highest BCUT2D eigenvalue weighted by Crippen LogP contribution is 2.32. The molecule has 7 nitrogen and oxygen atoms in total. The minimum Gasteiger partial charge on any atom is -0.453 e. The van der Waals surface area contributed by atoms with Crippen LogP contribution in [-0.4, -0.2) is 46.6 Å². The summed E-state index contributed by atoms with van der Waals surface area (Å²) in [7, 11) is 1.28. The Balaban J connectivity index is 1.50. The lowest BCUT2D eigenvalue weighted by molar-refractivity contribution is -0.134. The standard InChI is InChI=1S/C26H28N4O3/c1-3-8-21(29-26(32)33-2)25(31)30-16-7-11-23(30)24-27-17-22(28-24)20-14-12-19(13-15-20)18-9-5-4-6-10-18/h3-6,9-10,12-15,17,21,23H,1,7-8,11,16H2,2H3,(H,27,28)(H,29,32)/t21-,23-/m0/s1. The summed E-state index contributed by atoms with van der Waals surface area (Å²) in [5.74, 6) is 0.589. The molecule has 0 spiro atoms. The molecule has 1 aliphatic rings. The fourth-order valence-corrected chi connectivity index (χ4v) is 4.23. The summed E-state index contributed by atoms with van der Waals surface area (Å²) in [6.07, 6.45) is 4.80. The number of aromatic amines is 1. The van der Waals surface area contributed by atoms with Gasteiger partial charge in [0.05, 0.1) is 25.0 Å². The summed E-state index contributed by atoms with van der Waals surface area (Å²) >= 11 is 0. The van der Waals surface area contributed by atoms with Crippen molar-refractivity contribution in [3.63, 3.8) is 0 Å². The predicted molar refractivity (Wildman–Crippen MR) is 127 cm³/mol. The fourth-order valence-electron chi connectivity index (χ4n) is 4.23. The molecule has 0 saturated carbocycles. The molecule has 2 amide bonds. The molecule has 0 aliphatic carbocycles. The number of hydrogen-bond acceptors (Lipinski definition) is 4. The SMILES string of the molecule is C=CC[C@H](NC(=O)OC)C(=O)N1CCC[C@H]1c1ncc(-c2ccc(-c3ccccc3)cc2)[nH]1. The van der Waals surface area contributed by atoms with Crippen LogP contribution in [0.4, 0.5) is 4.79 Å². The number of alkyl carbamates (subject to hydrolysis) is 1. The van der Waals surface area contributed by atoms with Crippen molar-refractivity contribution in [1.82, 2.24) is 20.2 Å². The Bertz CT molecular complexity index is 1110. The van der Waals surface area contributed by atoms with Crippen LogP contribution in [-0.2, 0) is 9.53 Å². The summed E-state index contributed by atoms with van der Waals surface area (Å²) in [5.41, 5.74) is 4.25. The molecule has 2 atom stereocenters. The Hall–Kier alpha value is -3.87. The number of nitrogens with one attached hydrogen (secondary N) is 2. The molecule has 0 radical (unpaired) electrons. The highest BCUT2D eigenvalue weighted by Gasteiger charge is 2.35. The van der Waals surface area contributed by atoms with Crippen LogP contribution in [0.1, 0.15) is 31.1 Å². The molecular weight excluding hydrogens is 416 g/mol. The lowest BCUT2D eigenvalue weighted by Gasteiger charge is -2.27. The molecular formula is C26H28N4O3. The Morgan fingerprint density at radius 1 is 1.18 bits per heavy atom. The number of likely N-dealkylation sites (tertiary alicyclic amines) is 1. The van der Waals surface area contributed by atoms with E-state index in [0.29, 0.717) is 13.0 Å². The lowest BCUT2D eigenvalue weighted by atomic mass is 10.0. The van der Waals surface area contributed by atoms with E-state index >= 15 is 0 Å². The first kappa shape index (κ1) is 22.3. The number of rotatable bonds is 7. The molecule has 33 heavy (non-hydrogen) atoms. The summed E-state index contributed by atoms with van der Waals surface area (Å²) in [4.78, 5) is 34.6. The van der Waals surface area contributed by atoms with Crippen LogP contribution in [0.25, 0.3) is 22.4 Å². The van der Waals surface area contributed by atoms with Crippen LogP contribution < -0.4 is 5.32 Å². The number of amides is 2. The summed E-state index contributed by atoms with van der Waals surface area (Å²) in [6, 6.07) is 17.7. The van der Waals surface area contributed by atoms with Crippen LogP contribution in [0.3, 0.4) is 0 Å². The number of nitrogens with zero attached hydrogens (tertiary/aromatic N) is 2. The maximum absolute atomic E-state index is 13.2. The number of carbonyl (C=O) groups is 2. The zero-order valence-corrected chi connectivity index (χ0v) is 18.7. The van der Waals surface area contributed by atoms with Crippen LogP contribution in [0.15, 0.2) is 73.4 Å². The maximum Gasteiger partial charge on any atom is 0.407 e. The van der Waals surface area contributed by atoms with Crippen LogP contribution >= 0.6 is 0 Å². The normalized spacial score (nSPS) is 16.3. The molecule has 1 aromatic heterocycles. The lowest BCUT2D eigenvalue weighted by Crippen LogP contribution is -2.48. The maximum atomic E-state index is 13.2. The molecule has 4 rings (SSSR count). The van der Waals surface area contributed by atoms with Crippen LogP contribution in [0, 0.1) is 0 Å². The molecule has 1 fully saturated rings. The van der Waals surface area contributed by atoms with E-state index in [-0.39, 0.29) is 11.9 Å². The summed E-state index contributed by atoms with van der Waals surface area (Å²) in [6.45, 7) is 4.31. The predicted octanol–water partition coefficient (Wildman–Crippen LogP) is 4.71. The largest absolute Gasteiger partial charge is 0.453 e. The Morgan fingerprint density at radius 2 is 1.88 bits per heavy atom. The summed E-state index contributed by atoms with van der Waals surface area (Å²) < 4.78 is 4.67. The van der Waals surface area contributed by atoms with Crippen LogP contribution in [0.5, 0.6) is 0 Å². The molecule has 0 bridgehead atoms. The minimum atomic E-state index is -0.712. The van der Waals surface area contributed by atoms with Crippen molar-refractivity contribution in [3.8, 4) is 22.4 Å². The number of aromatic nitrogens is 2. The smallest absolute Gasteiger partial charge is 0.407 e. The second-order valence-corrected chi connectivity index (χ2v) is 8.03. The minimum absolute atomic E-state index is 0.159. The van der Waals surface area contributed by atoms with E-state index < -0.39 is 12.1 Å². The van der Waals surface area contributed by atoms with Gasteiger partial charge in [0.2, 0.25) is 5.91 Å². The topological polar surface area (TPSA) is 87.3 Å². The van der Waals surface area contributed by atoms with Crippen molar-refractivity contribution in [3.05, 3.63) is 79.3 Å². The van der Waals surface area contributed by atoms with E-state index in [0.717, 1.165) is 35.5 Å². The van der Waals surface area contributed by atoms with Crippen molar-refractivity contribution in [2.24, 2.45) is 0 Å². The van der Waals surface area contributed by atoms with Crippen molar-refractivity contribution < 1.29 is 14.3 Å². The van der Waals surface area contributed by atoms with E-state index in [1.54, 1.807) is 11.0 Å². The quantitative estimate of drug-likeness (QED) is 0.517. The zero-order chi connectivity index (χ0) is 23.2. The third kappa shape index (κ3) is 4.98. The highest BCUT2D eigenvalue weighted by molar-refractivity contribution is 5.86. The number of ether oxygens (including phenoxy) is 1. The first-order chi connectivity index (χ1) is 16.1. The highest BCUT2D eigenvalue weighted by atomic mass is 16.5. The van der Waals surface area contributed by atoms with Gasteiger partial charge < -0.3 is 19.9 Å². The Kier molecular flexibility index (Phi) is 6.88. The van der Waals surface area contributed by atoms with Gasteiger partial charge in [-0.1, -0.05) is 60.7 Å². The molecule has 2 aromatic carbocycles. The average molecular weight is 445 g/mol. The van der Waals surface area contributed by atoms with Gasteiger partial charge in [0.15, 0.2) is 0 Å². The molecule has 3 aromatic rings. The number of benzene rings is 2. The van der Waals surface area contributed by atoms with Gasteiger partial charge in [0, 0.05) is 6.54 Å². The first-order valence-corrected chi connectivity index (χ1v) is 11.1. The molecule has 170 valence electrons. The molecule has 2 N–H and O–H groups in total. The zero-order valence-electron chi connectivity index (χ0n) is 18.7. The van der Waals surface area contributed by atoms with E-state index in [4.69, 9.17) is 0 Å². The average Bonchev–Trinajstić information content (AvgIpc) is 3.54. The number of hydrogen-bond donors (Lipinski definition) is 2. The van der Waals surface area contributed by atoms with Crippen molar-refractivity contribution in [1.29, 1.82) is 0 Å². The van der Waals surface area contributed by atoms with Crippen LogP contribution in [0.2, 0.25) is 0 Å². The number of H-pyrrole nitrogens is 1. The second-order valence-electron chi connectivity index (χ2n) is 8.03. The van der Waals surface area contributed by atoms with E-state index in [2.05, 4.69) is 63.0 Å². The van der Waals surface area contributed by atoms with Crippen molar-refractivity contribution in [2.75, 3.05) is 13.7 Å². The number of carbonyl (C=O) groups excluding carboxylic acids is 2. The van der Waals surface area contributed by atoms with Crippen molar-refractivity contribution >= 4 is 12.0 Å². The molecule has 1 saturated heterocycles. The van der Waals surface area contributed by atoms with Gasteiger partial charge in [-0.25, -0.2) is 9.78 Å². The van der Waals surface area contributed by atoms with Gasteiger partial charge >= 0.3 is 6.09 Å². The monoisotopic (exact) mass is 444 g/mol. The molecule has 0 unspecified atom stereocenters. The van der Waals surface area contributed by atoms with Crippen molar-refractivity contribution in [2.45, 2.75) is 31.3 Å². The van der Waals surface area contributed by atoms with E-state index in [9.17, 15) is 9.59 Å². The Morgan fingerprint density at radius 3 is 2.58 bits per heavy atom. The molecule has 7 heteroatoms. The van der Waals surface area contributed by atoms with Gasteiger partial charge in [-0.2, -0.15) is 0 Å². The first-order valence-electron chi connectivity index (χ1n) is 11.1. The van der Waals surface area contributed by atoms with Gasteiger partial charge in [-0.15, -0.1) is 6.58 Å².